The molecule has 2 aromatic carbocycles. The molecule has 0 unspecified atom stereocenters. The maximum Gasteiger partial charge on any atom is 0.130 e. The number of methoxy groups -OCH3 is 1. The molecule has 0 aliphatic carbocycles. The van der Waals surface area contributed by atoms with E-state index in [-0.39, 0.29) is 0 Å². The Labute approximate surface area is 134 Å². The van der Waals surface area contributed by atoms with Gasteiger partial charge in [-0.05, 0) is 60.8 Å². The zero-order valence-electron chi connectivity index (χ0n) is 12.1. The summed E-state index contributed by atoms with van der Waals surface area (Å²) < 4.78 is 12.1. The maximum atomic E-state index is 5.97. The molecule has 0 saturated heterocycles. The summed E-state index contributed by atoms with van der Waals surface area (Å²) in [6, 6.07) is 14.1. The Hall–Kier alpha value is -1.36. The number of hydrogen-bond acceptors (Lipinski definition) is 3. The molecule has 0 amide bonds. The summed E-state index contributed by atoms with van der Waals surface area (Å²) in [4.78, 5) is 0. The highest BCUT2D eigenvalue weighted by atomic mass is 79.9. The average Bonchev–Trinajstić information content (AvgIpc) is 2.49. The molecule has 0 aliphatic heterocycles. The van der Waals surface area contributed by atoms with Crippen molar-refractivity contribution in [1.82, 2.24) is 0 Å². The van der Waals surface area contributed by atoms with E-state index < -0.39 is 0 Å². The van der Waals surface area contributed by atoms with Gasteiger partial charge in [0, 0.05) is 11.6 Å². The molecule has 0 fully saturated rings. The van der Waals surface area contributed by atoms with Crippen molar-refractivity contribution in [2.24, 2.45) is 5.73 Å². The zero-order chi connectivity index (χ0) is 15.1. The molecule has 0 spiro atoms. The quantitative estimate of drug-likeness (QED) is 0.823. The third-order valence-electron chi connectivity index (χ3n) is 3.18. The highest BCUT2D eigenvalue weighted by molar-refractivity contribution is 9.10. The second-order valence-electron chi connectivity index (χ2n) is 4.78. The number of rotatable bonds is 7. The van der Waals surface area contributed by atoms with Crippen molar-refractivity contribution in [3.63, 3.8) is 0 Å². The van der Waals surface area contributed by atoms with Crippen molar-refractivity contribution in [2.75, 3.05) is 20.3 Å². The van der Waals surface area contributed by atoms with Crippen LogP contribution in [0.15, 0.2) is 46.9 Å². The Morgan fingerprint density at radius 3 is 2.48 bits per heavy atom. The standard InChI is InChI=1S/C17H20BrNO2/c1-20-11-9-13-2-5-16(6-3-13)21-17-7-4-15(18)12-14(17)8-10-19/h2-7,12H,8-11,19H2,1H3. The molecule has 0 aromatic heterocycles. The van der Waals surface area contributed by atoms with E-state index >= 15 is 0 Å². The summed E-state index contributed by atoms with van der Waals surface area (Å²) in [6.45, 7) is 1.33. The molecule has 2 aromatic rings. The molecular formula is C17H20BrNO2. The number of nitrogens with two attached hydrogens (primary N) is 1. The van der Waals surface area contributed by atoms with Crippen LogP contribution >= 0.6 is 15.9 Å². The van der Waals surface area contributed by atoms with Gasteiger partial charge < -0.3 is 15.2 Å². The summed E-state index contributed by atoms with van der Waals surface area (Å²) in [6.07, 6.45) is 1.70. The highest BCUT2D eigenvalue weighted by Crippen LogP contribution is 2.28. The Kier molecular flexibility index (Phi) is 6.23. The Balaban J connectivity index is 2.10. The summed E-state index contributed by atoms with van der Waals surface area (Å²) in [5, 5.41) is 0. The first-order valence-electron chi connectivity index (χ1n) is 6.97. The van der Waals surface area contributed by atoms with E-state index in [4.69, 9.17) is 15.2 Å². The van der Waals surface area contributed by atoms with Crippen LogP contribution in [0.4, 0.5) is 0 Å². The largest absolute Gasteiger partial charge is 0.457 e. The summed E-state index contributed by atoms with van der Waals surface area (Å²) in [7, 11) is 1.71. The third-order valence-corrected chi connectivity index (χ3v) is 3.68. The van der Waals surface area contributed by atoms with E-state index in [9.17, 15) is 0 Å². The van der Waals surface area contributed by atoms with Crippen LogP contribution in [0, 0.1) is 0 Å². The molecule has 21 heavy (non-hydrogen) atoms. The molecular weight excluding hydrogens is 330 g/mol. The smallest absolute Gasteiger partial charge is 0.130 e. The van der Waals surface area contributed by atoms with Gasteiger partial charge in [-0.2, -0.15) is 0 Å². The predicted octanol–water partition coefficient (Wildman–Crippen LogP) is 3.93. The van der Waals surface area contributed by atoms with Gasteiger partial charge in [-0.3, -0.25) is 0 Å². The van der Waals surface area contributed by atoms with E-state index in [1.807, 2.05) is 24.3 Å². The molecule has 0 radical (unpaired) electrons. The fourth-order valence-electron chi connectivity index (χ4n) is 2.07. The van der Waals surface area contributed by atoms with E-state index in [1.54, 1.807) is 7.11 Å². The van der Waals surface area contributed by atoms with Crippen molar-refractivity contribution >= 4 is 15.9 Å². The summed E-state index contributed by atoms with van der Waals surface area (Å²) in [5.41, 5.74) is 8.00. The molecule has 3 nitrogen and oxygen atoms in total. The van der Waals surface area contributed by atoms with E-state index in [1.165, 1.54) is 5.56 Å². The van der Waals surface area contributed by atoms with Gasteiger partial charge in [0.15, 0.2) is 0 Å². The molecule has 0 bridgehead atoms. The average molecular weight is 350 g/mol. The number of ether oxygens (including phenoxy) is 2. The molecule has 0 atom stereocenters. The minimum atomic E-state index is 0.600. The van der Waals surface area contributed by atoms with Crippen LogP contribution in [-0.2, 0) is 17.6 Å². The van der Waals surface area contributed by atoms with Gasteiger partial charge in [-0.1, -0.05) is 28.1 Å². The first-order valence-corrected chi connectivity index (χ1v) is 7.76. The fraction of sp³-hybridized carbons (Fsp3) is 0.294. The molecule has 0 heterocycles. The zero-order valence-corrected chi connectivity index (χ0v) is 13.7. The van der Waals surface area contributed by atoms with Gasteiger partial charge in [0.1, 0.15) is 11.5 Å². The topological polar surface area (TPSA) is 44.5 Å². The van der Waals surface area contributed by atoms with Gasteiger partial charge in [0.25, 0.3) is 0 Å². The molecule has 112 valence electrons. The van der Waals surface area contributed by atoms with Crippen molar-refractivity contribution < 1.29 is 9.47 Å². The van der Waals surface area contributed by atoms with Crippen LogP contribution in [0.25, 0.3) is 0 Å². The van der Waals surface area contributed by atoms with Crippen LogP contribution in [0.1, 0.15) is 11.1 Å². The van der Waals surface area contributed by atoms with Crippen molar-refractivity contribution in [1.29, 1.82) is 0 Å². The fourth-order valence-corrected chi connectivity index (χ4v) is 2.48. The predicted molar refractivity (Wildman–Crippen MR) is 89.0 cm³/mol. The number of benzene rings is 2. The van der Waals surface area contributed by atoms with E-state index in [2.05, 4.69) is 34.1 Å². The lowest BCUT2D eigenvalue weighted by Crippen LogP contribution is -2.04. The highest BCUT2D eigenvalue weighted by Gasteiger charge is 2.05. The van der Waals surface area contributed by atoms with Gasteiger partial charge in [0.05, 0.1) is 6.61 Å². The lowest BCUT2D eigenvalue weighted by molar-refractivity contribution is 0.202. The number of hydrogen-bond donors (Lipinski definition) is 1. The Bertz CT molecular complexity index is 570. The Morgan fingerprint density at radius 1 is 1.05 bits per heavy atom. The Morgan fingerprint density at radius 2 is 1.81 bits per heavy atom. The molecule has 0 saturated carbocycles. The van der Waals surface area contributed by atoms with Crippen LogP contribution < -0.4 is 10.5 Å². The minimum absolute atomic E-state index is 0.600. The SMILES string of the molecule is COCCc1ccc(Oc2ccc(Br)cc2CCN)cc1. The normalized spacial score (nSPS) is 10.6. The van der Waals surface area contributed by atoms with Gasteiger partial charge >= 0.3 is 0 Å². The van der Waals surface area contributed by atoms with Gasteiger partial charge in [0.2, 0.25) is 0 Å². The molecule has 0 aliphatic rings. The lowest BCUT2D eigenvalue weighted by Gasteiger charge is -2.11. The summed E-state index contributed by atoms with van der Waals surface area (Å²) in [5.74, 6) is 1.69. The number of halogens is 1. The maximum absolute atomic E-state index is 5.97. The molecule has 2 rings (SSSR count). The second kappa shape index (κ2) is 8.17. The first kappa shape index (κ1) is 16.0. The van der Waals surface area contributed by atoms with E-state index in [0.29, 0.717) is 6.54 Å². The third kappa shape index (κ3) is 4.84. The van der Waals surface area contributed by atoms with E-state index in [0.717, 1.165) is 41.0 Å². The van der Waals surface area contributed by atoms with Crippen LogP contribution in [0.2, 0.25) is 0 Å². The van der Waals surface area contributed by atoms with Crippen molar-refractivity contribution in [3.05, 3.63) is 58.1 Å². The molecule has 2 N–H and O–H groups in total. The van der Waals surface area contributed by atoms with Gasteiger partial charge in [-0.25, -0.2) is 0 Å². The van der Waals surface area contributed by atoms with Gasteiger partial charge in [-0.15, -0.1) is 0 Å². The summed E-state index contributed by atoms with van der Waals surface area (Å²) >= 11 is 3.48. The monoisotopic (exact) mass is 349 g/mol. The van der Waals surface area contributed by atoms with Crippen LogP contribution in [0.5, 0.6) is 11.5 Å². The second-order valence-corrected chi connectivity index (χ2v) is 5.70. The molecule has 4 heteroatoms. The first-order chi connectivity index (χ1) is 10.2. The van der Waals surface area contributed by atoms with Crippen LogP contribution in [-0.4, -0.2) is 20.3 Å². The van der Waals surface area contributed by atoms with Crippen LogP contribution in [0.3, 0.4) is 0 Å². The minimum Gasteiger partial charge on any atom is -0.457 e. The lowest BCUT2D eigenvalue weighted by atomic mass is 10.1. The van der Waals surface area contributed by atoms with Crippen molar-refractivity contribution in [2.45, 2.75) is 12.8 Å². The van der Waals surface area contributed by atoms with Crippen molar-refractivity contribution in [3.8, 4) is 11.5 Å².